The van der Waals surface area contributed by atoms with E-state index >= 15 is 0 Å². The van der Waals surface area contributed by atoms with E-state index in [1.165, 1.54) is 302 Å². The number of rotatable bonds is 51. The first-order chi connectivity index (χ1) is 29.7. The SMILES string of the molecule is CCCCCCCCCCCCCCCCCCC(CCCCC(CCCCCCCCCCCCCC)CCCCCCCCCCCCCC)n1cc[n+](CCO)c1. The third-order valence-corrected chi connectivity index (χ3v) is 14.2. The predicted octanol–water partition coefficient (Wildman–Crippen LogP) is 19.3. The molecule has 0 aliphatic rings. The van der Waals surface area contributed by atoms with Gasteiger partial charge in [0.1, 0.15) is 25.0 Å². The number of hydrogen-bond acceptors (Lipinski definition) is 1. The molecule has 60 heavy (non-hydrogen) atoms. The number of unbranched alkanes of at least 4 members (excludes halogenated alkanes) is 38. The van der Waals surface area contributed by atoms with Gasteiger partial charge in [0.25, 0.3) is 0 Å². The molecule has 0 fully saturated rings. The quantitative estimate of drug-likeness (QED) is 0.0514. The van der Waals surface area contributed by atoms with Gasteiger partial charge in [0, 0.05) is 0 Å². The molecule has 1 N–H and O–H groups in total. The van der Waals surface area contributed by atoms with E-state index in [-0.39, 0.29) is 6.61 Å². The molecule has 0 saturated heterocycles. The Kier molecular flexibility index (Phi) is 45.4. The number of aromatic nitrogens is 2. The minimum atomic E-state index is 0.220. The number of nitrogens with zero attached hydrogens (tertiary/aromatic N) is 2. The van der Waals surface area contributed by atoms with Crippen molar-refractivity contribution in [1.29, 1.82) is 0 Å². The Labute approximate surface area is 379 Å². The predicted molar refractivity (Wildman–Crippen MR) is 268 cm³/mol. The van der Waals surface area contributed by atoms with Gasteiger partial charge in [0.2, 0.25) is 6.33 Å². The zero-order valence-corrected chi connectivity index (χ0v) is 41.9. The molecular formula is C57H113N2O+. The maximum Gasteiger partial charge on any atom is 0.244 e. The first-order valence-corrected chi connectivity index (χ1v) is 28.4. The first kappa shape index (κ1) is 57.2. The summed E-state index contributed by atoms with van der Waals surface area (Å²) in [6.45, 7) is 7.88. The number of aliphatic hydroxyl groups excluding tert-OH is 1. The van der Waals surface area contributed by atoms with Gasteiger partial charge >= 0.3 is 0 Å². The summed E-state index contributed by atoms with van der Waals surface area (Å²) in [5.41, 5.74) is 0. The molecular weight excluding hydrogens is 729 g/mol. The zero-order chi connectivity index (χ0) is 43.1. The van der Waals surface area contributed by atoms with Crippen LogP contribution in [-0.4, -0.2) is 16.3 Å². The number of imidazole rings is 1. The van der Waals surface area contributed by atoms with Crippen LogP contribution in [0.2, 0.25) is 0 Å². The zero-order valence-electron chi connectivity index (χ0n) is 41.9. The van der Waals surface area contributed by atoms with Gasteiger partial charge in [-0.05, 0) is 31.6 Å². The summed E-state index contributed by atoms with van der Waals surface area (Å²) < 4.78 is 4.68. The lowest BCUT2D eigenvalue weighted by atomic mass is 9.89. The molecule has 1 unspecified atom stereocenters. The van der Waals surface area contributed by atoms with Crippen LogP contribution in [0, 0.1) is 5.92 Å². The molecule has 0 aliphatic carbocycles. The van der Waals surface area contributed by atoms with Crippen molar-refractivity contribution in [2.45, 2.75) is 335 Å². The van der Waals surface area contributed by atoms with Crippen molar-refractivity contribution in [3.05, 3.63) is 18.7 Å². The molecule has 1 aromatic rings. The minimum absolute atomic E-state index is 0.220. The van der Waals surface area contributed by atoms with Crippen LogP contribution >= 0.6 is 0 Å². The molecule has 356 valence electrons. The fourth-order valence-corrected chi connectivity index (χ4v) is 10.0. The van der Waals surface area contributed by atoms with Gasteiger partial charge in [-0.25, -0.2) is 9.13 Å². The molecule has 3 heteroatoms. The van der Waals surface area contributed by atoms with Gasteiger partial charge in [-0.1, -0.05) is 297 Å². The van der Waals surface area contributed by atoms with E-state index in [0.29, 0.717) is 12.6 Å². The van der Waals surface area contributed by atoms with E-state index in [2.05, 4.69) is 48.6 Å². The second kappa shape index (κ2) is 47.6. The van der Waals surface area contributed by atoms with Crippen LogP contribution in [0.3, 0.4) is 0 Å². The molecule has 1 aromatic heterocycles. The molecule has 3 nitrogen and oxygen atoms in total. The van der Waals surface area contributed by atoms with Crippen molar-refractivity contribution in [2.24, 2.45) is 5.92 Å². The van der Waals surface area contributed by atoms with Crippen LogP contribution in [0.5, 0.6) is 0 Å². The van der Waals surface area contributed by atoms with Crippen molar-refractivity contribution in [2.75, 3.05) is 6.61 Å². The first-order valence-electron chi connectivity index (χ1n) is 28.4. The Balaban J connectivity index is 2.40. The lowest BCUT2D eigenvalue weighted by Crippen LogP contribution is -2.33. The Hall–Kier alpha value is -0.830. The second-order valence-electron chi connectivity index (χ2n) is 20.1. The Bertz CT molecular complexity index is 899. The normalized spacial score (nSPS) is 12.3. The van der Waals surface area contributed by atoms with Gasteiger partial charge in [-0.3, -0.25) is 0 Å². The lowest BCUT2D eigenvalue weighted by Gasteiger charge is -2.18. The highest BCUT2D eigenvalue weighted by Gasteiger charge is 2.18. The van der Waals surface area contributed by atoms with Crippen molar-refractivity contribution in [3.8, 4) is 0 Å². The largest absolute Gasteiger partial charge is 0.392 e. The van der Waals surface area contributed by atoms with Crippen LogP contribution in [0.4, 0.5) is 0 Å². The maximum absolute atomic E-state index is 9.55. The van der Waals surface area contributed by atoms with Crippen LogP contribution in [-0.2, 0) is 6.54 Å². The van der Waals surface area contributed by atoms with Crippen LogP contribution in [0.25, 0.3) is 0 Å². The highest BCUT2D eigenvalue weighted by atomic mass is 16.3. The van der Waals surface area contributed by atoms with E-state index in [9.17, 15) is 5.11 Å². The second-order valence-corrected chi connectivity index (χ2v) is 20.1. The summed E-state index contributed by atoms with van der Waals surface area (Å²) >= 11 is 0. The molecule has 0 amide bonds. The van der Waals surface area contributed by atoms with E-state index in [0.717, 1.165) is 5.92 Å². The molecule has 1 heterocycles. The topological polar surface area (TPSA) is 29.0 Å². The molecule has 0 saturated carbocycles. The molecule has 1 atom stereocenters. The highest BCUT2D eigenvalue weighted by molar-refractivity contribution is 4.76. The van der Waals surface area contributed by atoms with E-state index < -0.39 is 0 Å². The monoisotopic (exact) mass is 842 g/mol. The Morgan fingerprint density at radius 3 is 0.900 bits per heavy atom. The van der Waals surface area contributed by atoms with Crippen molar-refractivity contribution < 1.29 is 9.67 Å². The van der Waals surface area contributed by atoms with Gasteiger partial charge in [-0.15, -0.1) is 0 Å². The highest BCUT2D eigenvalue weighted by Crippen LogP contribution is 2.28. The lowest BCUT2D eigenvalue weighted by molar-refractivity contribution is -0.697. The molecule has 0 aromatic carbocycles. The average molecular weight is 843 g/mol. The van der Waals surface area contributed by atoms with Gasteiger partial charge in [-0.2, -0.15) is 0 Å². The van der Waals surface area contributed by atoms with E-state index in [1.54, 1.807) is 0 Å². The minimum Gasteiger partial charge on any atom is -0.392 e. The third-order valence-electron chi connectivity index (χ3n) is 14.2. The van der Waals surface area contributed by atoms with Gasteiger partial charge in [0.05, 0.1) is 6.61 Å². The summed E-state index contributed by atoms with van der Waals surface area (Å²) in [5, 5.41) is 9.55. The van der Waals surface area contributed by atoms with Crippen molar-refractivity contribution >= 4 is 0 Å². The third kappa shape index (κ3) is 38.8. The van der Waals surface area contributed by atoms with Crippen LogP contribution in [0.1, 0.15) is 329 Å². The molecule has 0 aliphatic heterocycles. The van der Waals surface area contributed by atoms with Crippen LogP contribution < -0.4 is 4.57 Å². The van der Waals surface area contributed by atoms with E-state index in [4.69, 9.17) is 0 Å². The summed E-state index contributed by atoms with van der Waals surface area (Å²) in [7, 11) is 0. The number of hydrogen-bond donors (Lipinski definition) is 1. The summed E-state index contributed by atoms with van der Waals surface area (Å²) in [4.78, 5) is 0. The smallest absolute Gasteiger partial charge is 0.244 e. The Morgan fingerprint density at radius 1 is 0.350 bits per heavy atom. The number of aliphatic hydroxyl groups is 1. The fraction of sp³-hybridized carbons (Fsp3) is 0.947. The summed E-state index contributed by atoms with van der Waals surface area (Å²) in [5.74, 6) is 0.952. The van der Waals surface area contributed by atoms with E-state index in [1.807, 2.05) is 0 Å². The fourth-order valence-electron chi connectivity index (χ4n) is 10.0. The van der Waals surface area contributed by atoms with Crippen LogP contribution in [0.15, 0.2) is 18.7 Å². The molecule has 0 radical (unpaired) electrons. The van der Waals surface area contributed by atoms with Crippen molar-refractivity contribution in [1.82, 2.24) is 4.57 Å². The standard InChI is InChI=1S/C57H113N2O/c1-4-7-10-13-16-19-22-25-26-27-28-31-34-37-40-43-49-57(59-52-51-58(55-59)53-54-60)50-45-44-48-56(46-41-38-35-32-29-23-20-17-14-11-8-5-2)47-42-39-36-33-30-24-21-18-15-12-9-6-3/h51-52,55-57,60H,4-50,53-54H2,1-3H3/q+1. The molecule has 0 bridgehead atoms. The van der Waals surface area contributed by atoms with Gasteiger partial charge < -0.3 is 5.11 Å². The molecule has 0 spiro atoms. The van der Waals surface area contributed by atoms with Crippen molar-refractivity contribution in [3.63, 3.8) is 0 Å². The maximum atomic E-state index is 9.55. The average Bonchev–Trinajstić information content (AvgIpc) is 3.73. The van der Waals surface area contributed by atoms with Gasteiger partial charge in [0.15, 0.2) is 0 Å². The molecule has 1 rings (SSSR count). The summed E-state index contributed by atoms with van der Waals surface area (Å²) in [6, 6.07) is 0.614. The summed E-state index contributed by atoms with van der Waals surface area (Å²) in [6.07, 6.45) is 74.5. The Morgan fingerprint density at radius 2 is 0.600 bits per heavy atom.